The smallest absolute Gasteiger partial charge is 0.164 e. The molecule has 8 aromatic carbocycles. The van der Waals surface area contributed by atoms with Crippen molar-refractivity contribution in [3.8, 4) is 78.7 Å². The number of rotatable bonds is 7. The lowest BCUT2D eigenvalue weighted by Gasteiger charge is -2.09. The van der Waals surface area contributed by atoms with Crippen LogP contribution in [0.1, 0.15) is 0 Å². The van der Waals surface area contributed by atoms with Gasteiger partial charge in [-0.1, -0.05) is 176 Å². The number of fused-ring (bicyclic) bond motifs is 3. The average molecular weight is 704 g/mol. The molecule has 0 bridgehead atoms. The van der Waals surface area contributed by atoms with Crippen molar-refractivity contribution in [2.45, 2.75) is 0 Å². The van der Waals surface area contributed by atoms with Gasteiger partial charge in [0, 0.05) is 27.5 Å². The van der Waals surface area contributed by atoms with E-state index in [9.17, 15) is 0 Å². The highest BCUT2D eigenvalue weighted by Gasteiger charge is 2.17. The monoisotopic (exact) mass is 703 g/mol. The van der Waals surface area contributed by atoms with Crippen LogP contribution in [0.25, 0.3) is 101 Å². The van der Waals surface area contributed by atoms with Crippen LogP contribution in [0.5, 0.6) is 0 Å². The summed E-state index contributed by atoms with van der Waals surface area (Å²) in [6.07, 6.45) is 0. The Morgan fingerprint density at radius 3 is 1.31 bits per heavy atom. The van der Waals surface area contributed by atoms with Gasteiger partial charge in [-0.25, -0.2) is 15.0 Å². The lowest BCUT2D eigenvalue weighted by atomic mass is 9.95. The number of hydrogen-bond acceptors (Lipinski definition) is 4. The van der Waals surface area contributed by atoms with Gasteiger partial charge in [0.1, 0.15) is 11.2 Å². The largest absolute Gasteiger partial charge is 0.456 e. The molecule has 0 atom stereocenters. The Morgan fingerprint density at radius 2 is 0.691 bits per heavy atom. The predicted molar refractivity (Wildman–Crippen MR) is 225 cm³/mol. The topological polar surface area (TPSA) is 51.8 Å². The number of furan rings is 1. The third-order valence-electron chi connectivity index (χ3n) is 10.2. The Labute approximate surface area is 319 Å². The van der Waals surface area contributed by atoms with E-state index in [0.717, 1.165) is 55.3 Å². The quantitative estimate of drug-likeness (QED) is 0.166. The highest BCUT2D eigenvalue weighted by molar-refractivity contribution is 6.13. The molecule has 2 heterocycles. The Bertz CT molecular complexity index is 2940. The van der Waals surface area contributed by atoms with E-state index < -0.39 is 0 Å². The molecule has 10 rings (SSSR count). The van der Waals surface area contributed by atoms with Crippen LogP contribution < -0.4 is 0 Å². The molecule has 0 spiro atoms. The van der Waals surface area contributed by atoms with E-state index in [1.54, 1.807) is 0 Å². The average Bonchev–Trinajstić information content (AvgIpc) is 3.66. The second-order valence-corrected chi connectivity index (χ2v) is 13.6. The molecule has 0 radical (unpaired) electrons. The van der Waals surface area contributed by atoms with E-state index in [0.29, 0.717) is 17.5 Å². The van der Waals surface area contributed by atoms with E-state index in [2.05, 4.69) is 152 Å². The van der Waals surface area contributed by atoms with Crippen LogP contribution in [0.15, 0.2) is 205 Å². The summed E-state index contributed by atoms with van der Waals surface area (Å²) >= 11 is 0. The molecule has 4 heteroatoms. The maximum atomic E-state index is 6.54. The van der Waals surface area contributed by atoms with E-state index in [-0.39, 0.29) is 0 Å². The number of aromatic nitrogens is 3. The number of hydrogen-bond donors (Lipinski definition) is 0. The van der Waals surface area contributed by atoms with Gasteiger partial charge in [0.25, 0.3) is 0 Å². The van der Waals surface area contributed by atoms with Crippen molar-refractivity contribution in [1.82, 2.24) is 15.0 Å². The Balaban J connectivity index is 1.01. The van der Waals surface area contributed by atoms with Crippen molar-refractivity contribution in [2.75, 3.05) is 0 Å². The third-order valence-corrected chi connectivity index (χ3v) is 10.2. The summed E-state index contributed by atoms with van der Waals surface area (Å²) in [5.74, 6) is 1.83. The van der Waals surface area contributed by atoms with Gasteiger partial charge in [-0.2, -0.15) is 0 Å². The zero-order chi connectivity index (χ0) is 36.6. The molecule has 0 unspecified atom stereocenters. The van der Waals surface area contributed by atoms with Crippen molar-refractivity contribution in [1.29, 1.82) is 0 Å². The summed E-state index contributed by atoms with van der Waals surface area (Å²) in [5.41, 5.74) is 13.7. The van der Waals surface area contributed by atoms with Crippen molar-refractivity contribution >= 4 is 21.9 Å². The Morgan fingerprint density at radius 1 is 0.273 bits per heavy atom. The van der Waals surface area contributed by atoms with Crippen LogP contribution >= 0.6 is 0 Å². The molecule has 0 saturated carbocycles. The Kier molecular flexibility index (Phi) is 8.12. The van der Waals surface area contributed by atoms with Gasteiger partial charge >= 0.3 is 0 Å². The minimum absolute atomic E-state index is 0.588. The first-order valence-electron chi connectivity index (χ1n) is 18.4. The van der Waals surface area contributed by atoms with Crippen LogP contribution in [0.3, 0.4) is 0 Å². The van der Waals surface area contributed by atoms with Crippen LogP contribution in [0.4, 0.5) is 0 Å². The highest BCUT2D eigenvalue weighted by atomic mass is 16.3. The second-order valence-electron chi connectivity index (χ2n) is 13.6. The maximum absolute atomic E-state index is 6.54. The van der Waals surface area contributed by atoms with Gasteiger partial charge in [-0.15, -0.1) is 0 Å². The first-order valence-corrected chi connectivity index (χ1v) is 18.4. The van der Waals surface area contributed by atoms with Crippen molar-refractivity contribution in [3.63, 3.8) is 0 Å². The molecule has 10 aromatic rings. The molecule has 4 nitrogen and oxygen atoms in total. The van der Waals surface area contributed by atoms with Gasteiger partial charge in [0.2, 0.25) is 0 Å². The molecular weight excluding hydrogens is 671 g/mol. The van der Waals surface area contributed by atoms with Crippen LogP contribution in [-0.2, 0) is 0 Å². The third kappa shape index (κ3) is 6.26. The fraction of sp³-hybridized carbons (Fsp3) is 0. The van der Waals surface area contributed by atoms with E-state index in [4.69, 9.17) is 19.4 Å². The van der Waals surface area contributed by atoms with Crippen LogP contribution in [0.2, 0.25) is 0 Å². The van der Waals surface area contributed by atoms with Gasteiger partial charge in [0.15, 0.2) is 17.5 Å². The lowest BCUT2D eigenvalue weighted by molar-refractivity contribution is 0.669. The second kappa shape index (κ2) is 13.8. The van der Waals surface area contributed by atoms with E-state index >= 15 is 0 Å². The molecule has 258 valence electrons. The molecule has 0 amide bonds. The molecular formula is C51H33N3O. The number of benzene rings is 8. The standard InChI is InChI=1S/C51H33N3O/c1-4-12-34(13-5-1)36-24-28-40(29-25-36)50-52-49(39-16-8-3-9-17-39)53-51(54-50)43-30-31-45-47(33-43)55-46-21-11-20-44(48(45)46)38-26-22-37(23-27-38)42-19-10-18-41(32-42)35-14-6-2-7-15-35/h1-33H. The van der Waals surface area contributed by atoms with Crippen molar-refractivity contribution < 1.29 is 4.42 Å². The van der Waals surface area contributed by atoms with Gasteiger partial charge in [0.05, 0.1) is 0 Å². The van der Waals surface area contributed by atoms with E-state index in [1.807, 2.05) is 48.5 Å². The summed E-state index contributed by atoms with van der Waals surface area (Å²) in [6.45, 7) is 0. The van der Waals surface area contributed by atoms with Crippen LogP contribution in [0, 0.1) is 0 Å². The van der Waals surface area contributed by atoms with E-state index in [1.165, 1.54) is 27.8 Å². The van der Waals surface area contributed by atoms with Crippen molar-refractivity contribution in [2.24, 2.45) is 0 Å². The van der Waals surface area contributed by atoms with Crippen molar-refractivity contribution in [3.05, 3.63) is 200 Å². The van der Waals surface area contributed by atoms with Gasteiger partial charge < -0.3 is 4.42 Å². The summed E-state index contributed by atoms with van der Waals surface area (Å²) in [4.78, 5) is 14.9. The summed E-state index contributed by atoms with van der Waals surface area (Å²) in [5, 5.41) is 2.13. The Hall–Kier alpha value is -7.43. The normalized spacial score (nSPS) is 11.3. The summed E-state index contributed by atoms with van der Waals surface area (Å²) < 4.78 is 6.54. The first-order chi connectivity index (χ1) is 27.2. The zero-order valence-electron chi connectivity index (χ0n) is 29.8. The molecule has 2 aromatic heterocycles. The molecule has 0 aliphatic carbocycles. The molecule has 0 fully saturated rings. The zero-order valence-corrected chi connectivity index (χ0v) is 29.8. The first kappa shape index (κ1) is 32.2. The minimum atomic E-state index is 0.588. The molecule has 0 saturated heterocycles. The van der Waals surface area contributed by atoms with Gasteiger partial charge in [-0.3, -0.25) is 0 Å². The SMILES string of the molecule is c1ccc(-c2ccc(-c3nc(-c4ccccc4)nc(-c4ccc5c(c4)oc4cccc(-c6ccc(-c7cccc(-c8ccccc8)c7)cc6)c45)n3)cc2)cc1. The fourth-order valence-electron chi connectivity index (χ4n) is 7.35. The maximum Gasteiger partial charge on any atom is 0.164 e. The van der Waals surface area contributed by atoms with Crippen LogP contribution in [-0.4, -0.2) is 15.0 Å². The molecule has 0 aliphatic heterocycles. The molecule has 0 N–H and O–H groups in total. The summed E-state index contributed by atoms with van der Waals surface area (Å²) in [6, 6.07) is 69.4. The minimum Gasteiger partial charge on any atom is -0.456 e. The summed E-state index contributed by atoms with van der Waals surface area (Å²) in [7, 11) is 0. The molecule has 55 heavy (non-hydrogen) atoms. The number of nitrogens with zero attached hydrogens (tertiary/aromatic N) is 3. The lowest BCUT2D eigenvalue weighted by Crippen LogP contribution is -2.00. The highest BCUT2D eigenvalue weighted by Crippen LogP contribution is 2.39. The predicted octanol–water partition coefficient (Wildman–Crippen LogP) is 13.4. The van der Waals surface area contributed by atoms with Gasteiger partial charge in [-0.05, 0) is 68.8 Å². The molecule has 0 aliphatic rings. The fourth-order valence-corrected chi connectivity index (χ4v) is 7.35.